The minimum atomic E-state index is -1.08. The Hall–Kier alpha value is -4.30. The highest BCUT2D eigenvalue weighted by Crippen LogP contribution is 2.18. The van der Waals surface area contributed by atoms with Crippen molar-refractivity contribution in [2.24, 2.45) is 23.1 Å². The third kappa shape index (κ3) is 11.4. The number of nitrogens with one attached hydrogen (secondary N) is 5. The second kappa shape index (κ2) is 18.4. The Kier molecular flexibility index (Phi) is 15.0. The van der Waals surface area contributed by atoms with Gasteiger partial charge in [0.25, 0.3) is 0 Å². The number of carbonyl (C=O) groups is 5. The maximum atomic E-state index is 13.3. The number of H-pyrrole nitrogens is 1. The fourth-order valence-electron chi connectivity index (χ4n) is 4.60. The lowest BCUT2D eigenvalue weighted by atomic mass is 9.97. The Morgan fingerprint density at radius 1 is 0.977 bits per heavy atom. The Labute approximate surface area is 257 Å². The van der Waals surface area contributed by atoms with Crippen molar-refractivity contribution in [3.8, 4) is 0 Å². The van der Waals surface area contributed by atoms with Crippen LogP contribution in [0.15, 0.2) is 30.5 Å². The summed E-state index contributed by atoms with van der Waals surface area (Å²) in [4.78, 5) is 77.3. The summed E-state index contributed by atoms with van der Waals surface area (Å²) < 4.78 is 0. The number of benzene rings is 1. The Bertz CT molecular complexity index is 1280. The highest BCUT2D eigenvalue weighted by molar-refractivity contribution is 5.94. The standard InChI is InChI=1S/C30H45N8O6/c1-3-18(2)27(30(44)37-24(10-6-7-13-31)29(43)36-20(17-39)11-12-25(33)40)38-26(41)16-35-28(42)22(32)14-19-15-34-23-9-5-4-8-21(19)23/h4-5,8-9,15,18,20,22,24,27,34H,3,6-7,10-14,16,31-32H2,1-2H3,(H2,33,40)(H,35,42)(H,36,43)(H,37,44)(H,38,41)/t18-,20-,22-,24-,27-/m0/s1. The van der Waals surface area contributed by atoms with Crippen LogP contribution in [0.25, 0.3) is 10.9 Å². The van der Waals surface area contributed by atoms with Crippen molar-refractivity contribution in [1.29, 1.82) is 0 Å². The van der Waals surface area contributed by atoms with Crippen LogP contribution < -0.4 is 38.5 Å². The normalized spacial score (nSPS) is 14.5. The third-order valence-electron chi connectivity index (χ3n) is 7.40. The topological polar surface area (TPSA) is 244 Å². The van der Waals surface area contributed by atoms with Gasteiger partial charge in [-0.15, -0.1) is 0 Å². The molecule has 1 radical (unpaired) electrons. The van der Waals surface area contributed by atoms with E-state index in [4.69, 9.17) is 17.2 Å². The van der Waals surface area contributed by atoms with Crippen molar-refractivity contribution in [3.63, 3.8) is 0 Å². The molecule has 0 fully saturated rings. The summed E-state index contributed by atoms with van der Waals surface area (Å²) in [5, 5.41) is 11.3. The fraction of sp³-hybridized carbons (Fsp3) is 0.533. The number of aromatic amines is 1. The first kappa shape index (κ1) is 35.9. The summed E-state index contributed by atoms with van der Waals surface area (Å²) in [5.41, 5.74) is 18.6. The molecule has 14 heteroatoms. The summed E-state index contributed by atoms with van der Waals surface area (Å²) >= 11 is 0. The molecule has 14 nitrogen and oxygen atoms in total. The molecule has 0 saturated carbocycles. The molecule has 2 rings (SSSR count). The van der Waals surface area contributed by atoms with E-state index >= 15 is 0 Å². The van der Waals surface area contributed by atoms with E-state index in [2.05, 4.69) is 26.3 Å². The second-order valence-electron chi connectivity index (χ2n) is 10.8. The molecule has 44 heavy (non-hydrogen) atoms. The number of para-hydroxylation sites is 1. The van der Waals surface area contributed by atoms with Gasteiger partial charge < -0.3 is 43.5 Å². The molecule has 5 atom stereocenters. The smallest absolute Gasteiger partial charge is 0.243 e. The monoisotopic (exact) mass is 613 g/mol. The summed E-state index contributed by atoms with van der Waals surface area (Å²) in [6.07, 6.45) is 5.42. The minimum absolute atomic E-state index is 0.0310. The predicted molar refractivity (Wildman–Crippen MR) is 165 cm³/mol. The van der Waals surface area contributed by atoms with Crippen LogP contribution in [-0.4, -0.2) is 78.1 Å². The van der Waals surface area contributed by atoms with Gasteiger partial charge in [0.2, 0.25) is 35.8 Å². The van der Waals surface area contributed by atoms with E-state index < -0.39 is 60.2 Å². The second-order valence-corrected chi connectivity index (χ2v) is 10.8. The third-order valence-corrected chi connectivity index (χ3v) is 7.40. The van der Waals surface area contributed by atoms with Crippen molar-refractivity contribution in [1.82, 2.24) is 26.3 Å². The van der Waals surface area contributed by atoms with Gasteiger partial charge >= 0.3 is 0 Å². The lowest BCUT2D eigenvalue weighted by molar-refractivity contribution is -0.133. The molecule has 1 aromatic carbocycles. The molecule has 11 N–H and O–H groups in total. The van der Waals surface area contributed by atoms with Crippen LogP contribution in [0.3, 0.4) is 0 Å². The number of amides is 5. The van der Waals surface area contributed by atoms with Crippen molar-refractivity contribution >= 4 is 46.7 Å². The Balaban J connectivity index is 2.00. The maximum absolute atomic E-state index is 13.3. The summed E-state index contributed by atoms with van der Waals surface area (Å²) in [5.74, 6) is -3.33. The number of unbranched alkanes of at least 4 members (excludes halogenated alkanes) is 1. The fourth-order valence-corrected chi connectivity index (χ4v) is 4.60. The minimum Gasteiger partial charge on any atom is -0.370 e. The zero-order valence-corrected chi connectivity index (χ0v) is 25.3. The first-order valence-electron chi connectivity index (χ1n) is 14.8. The molecule has 0 bridgehead atoms. The number of aromatic nitrogens is 1. The summed E-state index contributed by atoms with van der Waals surface area (Å²) in [7, 11) is 0. The number of primary amides is 1. The van der Waals surface area contributed by atoms with Crippen LogP contribution >= 0.6 is 0 Å². The molecule has 0 aliphatic carbocycles. The lowest BCUT2D eigenvalue weighted by Gasteiger charge is -2.27. The predicted octanol–water partition coefficient (Wildman–Crippen LogP) is -0.841. The number of hydrogen-bond donors (Lipinski definition) is 8. The number of hydrogen-bond acceptors (Lipinski definition) is 8. The molecule has 0 aliphatic heterocycles. The van der Waals surface area contributed by atoms with Gasteiger partial charge in [-0.05, 0) is 56.2 Å². The van der Waals surface area contributed by atoms with E-state index in [1.54, 1.807) is 19.4 Å². The van der Waals surface area contributed by atoms with Gasteiger partial charge in [0.05, 0.1) is 18.6 Å². The molecule has 1 aromatic heterocycles. The highest BCUT2D eigenvalue weighted by atomic mass is 16.2. The van der Waals surface area contributed by atoms with E-state index in [0.717, 1.165) is 16.5 Å². The van der Waals surface area contributed by atoms with Crippen molar-refractivity contribution < 1.29 is 28.8 Å². The van der Waals surface area contributed by atoms with Gasteiger partial charge in [0, 0.05) is 23.5 Å². The first-order valence-corrected chi connectivity index (χ1v) is 14.8. The van der Waals surface area contributed by atoms with Crippen LogP contribution in [0.1, 0.15) is 57.9 Å². The quantitative estimate of drug-likeness (QED) is 0.0873. The summed E-state index contributed by atoms with van der Waals surface area (Å²) in [6, 6.07) is 3.59. The largest absolute Gasteiger partial charge is 0.370 e. The molecule has 1 heterocycles. The molecule has 2 aromatic rings. The highest BCUT2D eigenvalue weighted by Gasteiger charge is 2.31. The van der Waals surface area contributed by atoms with E-state index in [1.807, 2.05) is 31.2 Å². The average molecular weight is 614 g/mol. The lowest BCUT2D eigenvalue weighted by Crippen LogP contribution is -2.57. The zero-order chi connectivity index (χ0) is 32.6. The molecular formula is C30H45N8O6. The van der Waals surface area contributed by atoms with Crippen molar-refractivity contribution in [3.05, 3.63) is 36.0 Å². The van der Waals surface area contributed by atoms with Gasteiger partial charge in [0.15, 0.2) is 0 Å². The van der Waals surface area contributed by atoms with Gasteiger partial charge in [-0.3, -0.25) is 28.8 Å². The van der Waals surface area contributed by atoms with E-state index in [9.17, 15) is 28.8 Å². The van der Waals surface area contributed by atoms with Crippen LogP contribution in [0.2, 0.25) is 0 Å². The Morgan fingerprint density at radius 2 is 1.70 bits per heavy atom. The van der Waals surface area contributed by atoms with Gasteiger partial charge in [0.1, 0.15) is 12.1 Å². The van der Waals surface area contributed by atoms with Gasteiger partial charge in [-0.25, -0.2) is 0 Å². The van der Waals surface area contributed by atoms with Crippen LogP contribution in [0, 0.1) is 5.92 Å². The van der Waals surface area contributed by atoms with E-state index in [1.165, 1.54) is 0 Å². The summed E-state index contributed by atoms with van der Waals surface area (Å²) in [6.45, 7) is 3.59. The maximum Gasteiger partial charge on any atom is 0.243 e. The van der Waals surface area contributed by atoms with E-state index in [-0.39, 0.29) is 31.6 Å². The molecule has 0 unspecified atom stereocenters. The molecule has 5 amide bonds. The number of carbonyl (C=O) groups excluding carboxylic acids is 6. The van der Waals surface area contributed by atoms with Crippen LogP contribution in [-0.2, 0) is 35.2 Å². The number of rotatable bonds is 20. The number of nitrogens with two attached hydrogens (primary N) is 3. The van der Waals surface area contributed by atoms with Gasteiger partial charge in [-0.2, -0.15) is 0 Å². The van der Waals surface area contributed by atoms with Crippen molar-refractivity contribution in [2.45, 2.75) is 83.0 Å². The zero-order valence-electron chi connectivity index (χ0n) is 25.3. The number of fused-ring (bicyclic) bond motifs is 1. The molecular weight excluding hydrogens is 568 g/mol. The SMILES string of the molecule is CC[C@H](C)[C@H](NC(=O)CNC(=O)[C@@H](N)Cc1c[nH]c2ccccc12)C(=O)N[C@@H](CCCCN)C(=O)N[C@H]([C]=O)CCC(N)=O. The Morgan fingerprint density at radius 3 is 2.36 bits per heavy atom. The van der Waals surface area contributed by atoms with Crippen LogP contribution in [0.4, 0.5) is 0 Å². The molecule has 241 valence electrons. The van der Waals surface area contributed by atoms with Crippen molar-refractivity contribution in [2.75, 3.05) is 13.1 Å². The average Bonchev–Trinajstić information content (AvgIpc) is 3.41. The molecule has 0 spiro atoms. The molecule has 0 saturated heterocycles. The first-order chi connectivity index (χ1) is 21.0. The van der Waals surface area contributed by atoms with E-state index in [0.29, 0.717) is 25.8 Å². The molecule has 0 aliphatic rings. The van der Waals surface area contributed by atoms with Gasteiger partial charge in [-0.1, -0.05) is 38.5 Å². The van der Waals surface area contributed by atoms with Crippen LogP contribution in [0.5, 0.6) is 0 Å².